The summed E-state index contributed by atoms with van der Waals surface area (Å²) in [6, 6.07) is 16.1. The summed E-state index contributed by atoms with van der Waals surface area (Å²) in [4.78, 5) is 12.2. The molecule has 2 aromatic carbocycles. The first-order valence-electron chi connectivity index (χ1n) is 10.3. The first-order chi connectivity index (χ1) is 14.3. The summed E-state index contributed by atoms with van der Waals surface area (Å²) in [5, 5.41) is 11.4. The second-order valence-electron chi connectivity index (χ2n) is 8.34. The third kappa shape index (κ3) is 6.20. The lowest BCUT2D eigenvalue weighted by atomic mass is 9.87. The molecule has 0 aliphatic rings. The second kappa shape index (κ2) is 9.94. The number of nitrogens with zero attached hydrogens (tertiary/aromatic N) is 2. The standard InChI is InChI=1S/C24H29N3O2S/c1-5-6-7-17-8-14-20(15-9-17)25-21(28)16-30-23-27-26-22(29-23)18-10-12-19(13-11-18)24(2,3)4/h8-15H,5-7,16H2,1-4H3,(H,25,28). The lowest BCUT2D eigenvalue weighted by Crippen LogP contribution is -2.13. The Morgan fingerprint density at radius 3 is 2.37 bits per heavy atom. The SMILES string of the molecule is CCCCc1ccc(NC(=O)CSc2nnc(-c3ccc(C(C)(C)C)cc3)o2)cc1. The number of benzene rings is 2. The molecule has 0 bridgehead atoms. The third-order valence-corrected chi connectivity index (χ3v) is 5.61. The van der Waals surface area contributed by atoms with Gasteiger partial charge in [0.05, 0.1) is 5.75 Å². The molecule has 1 amide bonds. The van der Waals surface area contributed by atoms with Crippen LogP contribution in [0.25, 0.3) is 11.5 Å². The summed E-state index contributed by atoms with van der Waals surface area (Å²) >= 11 is 1.23. The summed E-state index contributed by atoms with van der Waals surface area (Å²) in [5.41, 5.74) is 4.30. The van der Waals surface area contributed by atoms with Crippen molar-refractivity contribution in [1.82, 2.24) is 10.2 Å². The van der Waals surface area contributed by atoms with E-state index in [9.17, 15) is 4.79 Å². The van der Waals surface area contributed by atoms with Crippen LogP contribution in [0.5, 0.6) is 0 Å². The molecule has 0 saturated heterocycles. The molecule has 0 saturated carbocycles. The zero-order valence-corrected chi connectivity index (χ0v) is 18.9. The molecule has 0 aliphatic heterocycles. The van der Waals surface area contributed by atoms with E-state index in [2.05, 4.69) is 67.5 Å². The number of aromatic nitrogens is 2. The van der Waals surface area contributed by atoms with Gasteiger partial charge in [-0.2, -0.15) is 0 Å². The van der Waals surface area contributed by atoms with Crippen molar-refractivity contribution >= 4 is 23.4 Å². The Morgan fingerprint density at radius 2 is 1.73 bits per heavy atom. The number of hydrogen-bond acceptors (Lipinski definition) is 5. The number of unbranched alkanes of at least 4 members (excludes halogenated alkanes) is 1. The number of carbonyl (C=O) groups excluding carboxylic acids is 1. The van der Waals surface area contributed by atoms with Gasteiger partial charge < -0.3 is 9.73 Å². The van der Waals surface area contributed by atoms with Crippen molar-refractivity contribution in [3.63, 3.8) is 0 Å². The highest BCUT2D eigenvalue weighted by atomic mass is 32.2. The fourth-order valence-electron chi connectivity index (χ4n) is 2.96. The van der Waals surface area contributed by atoms with E-state index in [1.807, 2.05) is 24.3 Å². The van der Waals surface area contributed by atoms with Crippen LogP contribution in [0.15, 0.2) is 58.2 Å². The summed E-state index contributed by atoms with van der Waals surface area (Å²) in [6.07, 6.45) is 3.42. The van der Waals surface area contributed by atoms with E-state index in [1.165, 1.54) is 35.7 Å². The molecule has 0 fully saturated rings. The van der Waals surface area contributed by atoms with Gasteiger partial charge in [-0.05, 0) is 53.6 Å². The lowest BCUT2D eigenvalue weighted by Gasteiger charge is -2.18. The van der Waals surface area contributed by atoms with Gasteiger partial charge in [0.1, 0.15) is 0 Å². The topological polar surface area (TPSA) is 68.0 Å². The highest BCUT2D eigenvalue weighted by molar-refractivity contribution is 7.99. The van der Waals surface area contributed by atoms with Crippen LogP contribution in [0.3, 0.4) is 0 Å². The van der Waals surface area contributed by atoms with E-state index in [4.69, 9.17) is 4.42 Å². The minimum absolute atomic E-state index is 0.0948. The van der Waals surface area contributed by atoms with Crippen LogP contribution in [0.2, 0.25) is 0 Å². The van der Waals surface area contributed by atoms with Crippen molar-refractivity contribution in [1.29, 1.82) is 0 Å². The van der Waals surface area contributed by atoms with Crippen molar-refractivity contribution in [2.75, 3.05) is 11.1 Å². The highest BCUT2D eigenvalue weighted by Crippen LogP contribution is 2.27. The van der Waals surface area contributed by atoms with Crippen molar-refractivity contribution in [2.45, 2.75) is 57.6 Å². The Morgan fingerprint density at radius 1 is 1.03 bits per heavy atom. The van der Waals surface area contributed by atoms with E-state index in [1.54, 1.807) is 0 Å². The third-order valence-electron chi connectivity index (χ3n) is 4.79. The number of aryl methyl sites for hydroxylation is 1. The molecule has 0 aliphatic carbocycles. The van der Waals surface area contributed by atoms with Crippen molar-refractivity contribution in [3.8, 4) is 11.5 Å². The van der Waals surface area contributed by atoms with Gasteiger partial charge in [0.15, 0.2) is 0 Å². The normalized spacial score (nSPS) is 11.5. The first kappa shape index (κ1) is 22.1. The van der Waals surface area contributed by atoms with Gasteiger partial charge in [0.2, 0.25) is 11.8 Å². The molecule has 0 radical (unpaired) electrons. The summed E-state index contributed by atoms with van der Waals surface area (Å²) < 4.78 is 5.71. The van der Waals surface area contributed by atoms with Gasteiger partial charge in [-0.25, -0.2) is 0 Å². The lowest BCUT2D eigenvalue weighted by molar-refractivity contribution is -0.113. The summed E-state index contributed by atoms with van der Waals surface area (Å²) in [7, 11) is 0. The van der Waals surface area contributed by atoms with E-state index in [0.29, 0.717) is 11.1 Å². The Hall–Kier alpha value is -2.60. The van der Waals surface area contributed by atoms with Gasteiger partial charge in [-0.15, -0.1) is 10.2 Å². The zero-order chi connectivity index (χ0) is 21.6. The van der Waals surface area contributed by atoms with Crippen LogP contribution in [0.4, 0.5) is 5.69 Å². The van der Waals surface area contributed by atoms with Gasteiger partial charge in [-0.3, -0.25) is 4.79 Å². The zero-order valence-electron chi connectivity index (χ0n) is 18.1. The van der Waals surface area contributed by atoms with Crippen LogP contribution >= 0.6 is 11.8 Å². The van der Waals surface area contributed by atoms with Crippen molar-refractivity contribution < 1.29 is 9.21 Å². The van der Waals surface area contributed by atoms with Gasteiger partial charge in [-0.1, -0.05) is 70.1 Å². The molecule has 5 nitrogen and oxygen atoms in total. The predicted molar refractivity (Wildman–Crippen MR) is 123 cm³/mol. The quantitative estimate of drug-likeness (QED) is 0.443. The highest BCUT2D eigenvalue weighted by Gasteiger charge is 2.15. The van der Waals surface area contributed by atoms with Gasteiger partial charge in [0, 0.05) is 11.3 Å². The monoisotopic (exact) mass is 423 g/mol. The Balaban J connectivity index is 1.52. The van der Waals surface area contributed by atoms with E-state index in [0.717, 1.165) is 17.7 Å². The maximum absolute atomic E-state index is 12.2. The van der Waals surface area contributed by atoms with Crippen molar-refractivity contribution in [3.05, 3.63) is 59.7 Å². The minimum Gasteiger partial charge on any atom is -0.411 e. The number of carbonyl (C=O) groups is 1. The molecular formula is C24H29N3O2S. The Bertz CT molecular complexity index is 957. The van der Waals surface area contributed by atoms with Crippen LogP contribution in [-0.2, 0) is 16.6 Å². The molecule has 30 heavy (non-hydrogen) atoms. The molecule has 158 valence electrons. The van der Waals surface area contributed by atoms with E-state index >= 15 is 0 Å². The molecule has 0 atom stereocenters. The fraction of sp³-hybridized carbons (Fsp3) is 0.375. The van der Waals surface area contributed by atoms with Crippen LogP contribution in [-0.4, -0.2) is 21.9 Å². The van der Waals surface area contributed by atoms with E-state index in [-0.39, 0.29) is 17.1 Å². The summed E-state index contributed by atoms with van der Waals surface area (Å²) in [5.74, 6) is 0.568. The van der Waals surface area contributed by atoms with Crippen LogP contribution in [0, 0.1) is 0 Å². The number of amides is 1. The average Bonchev–Trinajstić information content (AvgIpc) is 3.20. The predicted octanol–water partition coefficient (Wildman–Crippen LogP) is 6.11. The molecular weight excluding hydrogens is 394 g/mol. The number of rotatable bonds is 8. The largest absolute Gasteiger partial charge is 0.411 e. The second-order valence-corrected chi connectivity index (χ2v) is 9.26. The smallest absolute Gasteiger partial charge is 0.277 e. The van der Waals surface area contributed by atoms with Crippen molar-refractivity contribution in [2.24, 2.45) is 0 Å². The van der Waals surface area contributed by atoms with Crippen LogP contribution in [0.1, 0.15) is 51.7 Å². The molecule has 1 aromatic heterocycles. The molecule has 3 aromatic rings. The molecule has 1 N–H and O–H groups in total. The van der Waals surface area contributed by atoms with E-state index < -0.39 is 0 Å². The van der Waals surface area contributed by atoms with Gasteiger partial charge in [0.25, 0.3) is 5.22 Å². The first-order valence-corrected chi connectivity index (χ1v) is 11.3. The Kier molecular flexibility index (Phi) is 7.32. The average molecular weight is 424 g/mol. The fourth-order valence-corrected chi connectivity index (χ4v) is 3.52. The summed E-state index contributed by atoms with van der Waals surface area (Å²) in [6.45, 7) is 8.71. The molecule has 1 heterocycles. The maximum atomic E-state index is 12.2. The maximum Gasteiger partial charge on any atom is 0.277 e. The molecule has 0 unspecified atom stereocenters. The Labute approximate surface area is 182 Å². The number of thioether (sulfide) groups is 1. The number of nitrogens with one attached hydrogen (secondary N) is 1. The molecule has 0 spiro atoms. The number of hydrogen-bond donors (Lipinski definition) is 1. The van der Waals surface area contributed by atoms with Crippen LogP contribution < -0.4 is 5.32 Å². The molecule has 3 rings (SSSR count). The number of anilines is 1. The van der Waals surface area contributed by atoms with Gasteiger partial charge >= 0.3 is 0 Å². The minimum atomic E-state index is -0.101. The molecule has 6 heteroatoms.